The monoisotopic (exact) mass is 360 g/mol. The molecule has 5 nitrogen and oxygen atoms in total. The Morgan fingerprint density at radius 1 is 1.07 bits per heavy atom. The summed E-state index contributed by atoms with van der Waals surface area (Å²) in [7, 11) is 0. The fraction of sp³-hybridized carbons (Fsp3) is 0.364. The van der Waals surface area contributed by atoms with Crippen LogP contribution in [0.3, 0.4) is 0 Å². The molecule has 0 radical (unpaired) electrons. The molecule has 27 heavy (non-hydrogen) atoms. The minimum Gasteiger partial charge on any atom is -0.390 e. The molecule has 0 saturated carbocycles. The van der Waals surface area contributed by atoms with E-state index < -0.39 is 6.10 Å². The van der Waals surface area contributed by atoms with E-state index in [0.29, 0.717) is 0 Å². The summed E-state index contributed by atoms with van der Waals surface area (Å²) in [5, 5.41) is 23.7. The molecule has 0 amide bonds. The van der Waals surface area contributed by atoms with Crippen molar-refractivity contribution in [3.63, 3.8) is 0 Å². The summed E-state index contributed by atoms with van der Waals surface area (Å²) >= 11 is 0. The normalized spacial score (nSPS) is 23.5. The van der Waals surface area contributed by atoms with Crippen molar-refractivity contribution in [1.82, 2.24) is 20.3 Å². The van der Waals surface area contributed by atoms with Crippen molar-refractivity contribution in [2.24, 2.45) is 0 Å². The third kappa shape index (κ3) is 2.53. The Labute approximate surface area is 159 Å². The molecule has 0 bridgehead atoms. The number of hydrogen-bond acceptors (Lipinski definition) is 4. The number of piperidine rings is 1. The molecule has 5 heteroatoms. The lowest BCUT2D eigenvalue weighted by Gasteiger charge is -2.38. The number of fused-ring (bicyclic) bond motifs is 2. The minimum atomic E-state index is -0.496. The zero-order valence-corrected chi connectivity index (χ0v) is 15.5. The highest BCUT2D eigenvalue weighted by molar-refractivity contribution is 5.58. The second kappa shape index (κ2) is 6.29. The number of rotatable bonds is 2. The van der Waals surface area contributed by atoms with Gasteiger partial charge in [-0.3, -0.25) is 0 Å². The number of aryl methyl sites for hydroxylation is 1. The van der Waals surface area contributed by atoms with Crippen molar-refractivity contribution < 1.29 is 5.11 Å². The van der Waals surface area contributed by atoms with Gasteiger partial charge in [-0.25, -0.2) is 4.68 Å². The highest BCUT2D eigenvalue weighted by Gasteiger charge is 2.52. The molecule has 1 aliphatic heterocycles. The van der Waals surface area contributed by atoms with Crippen LogP contribution in [-0.2, 0) is 5.41 Å². The van der Waals surface area contributed by atoms with Crippen LogP contribution in [0.5, 0.6) is 0 Å². The molecular weight excluding hydrogens is 336 g/mol. The van der Waals surface area contributed by atoms with Crippen molar-refractivity contribution >= 4 is 0 Å². The predicted molar refractivity (Wildman–Crippen MR) is 105 cm³/mol. The molecule has 1 fully saturated rings. The zero-order valence-electron chi connectivity index (χ0n) is 15.5. The predicted octanol–water partition coefficient (Wildman–Crippen LogP) is 2.84. The maximum atomic E-state index is 11.4. The number of aliphatic hydroxyl groups is 1. The highest BCUT2D eigenvalue weighted by atomic mass is 16.3. The van der Waals surface area contributed by atoms with Crippen LogP contribution < -0.4 is 5.32 Å². The molecule has 3 aromatic rings. The first-order chi connectivity index (χ1) is 13.2. The summed E-state index contributed by atoms with van der Waals surface area (Å²) in [4.78, 5) is 0. The fourth-order valence-corrected chi connectivity index (χ4v) is 4.83. The summed E-state index contributed by atoms with van der Waals surface area (Å²) in [6, 6.07) is 16.6. The molecule has 2 aromatic carbocycles. The van der Waals surface area contributed by atoms with Gasteiger partial charge in [0.25, 0.3) is 0 Å². The molecule has 5 rings (SSSR count). The van der Waals surface area contributed by atoms with Crippen LogP contribution >= 0.6 is 0 Å². The van der Waals surface area contributed by atoms with Gasteiger partial charge in [0.2, 0.25) is 0 Å². The average molecular weight is 360 g/mol. The van der Waals surface area contributed by atoms with Gasteiger partial charge in [0.1, 0.15) is 11.7 Å². The van der Waals surface area contributed by atoms with Crippen molar-refractivity contribution in [2.75, 3.05) is 13.1 Å². The number of nitrogens with zero attached hydrogens (tertiary/aromatic N) is 3. The number of nitrogens with one attached hydrogen (secondary N) is 1. The molecule has 2 aliphatic rings. The van der Waals surface area contributed by atoms with Gasteiger partial charge in [0.15, 0.2) is 0 Å². The summed E-state index contributed by atoms with van der Waals surface area (Å²) in [6.07, 6.45) is 3.36. The molecule has 2 atom stereocenters. The first-order valence-electron chi connectivity index (χ1n) is 9.66. The van der Waals surface area contributed by atoms with Gasteiger partial charge in [-0.1, -0.05) is 59.3 Å². The van der Waals surface area contributed by atoms with Crippen LogP contribution in [0, 0.1) is 6.92 Å². The van der Waals surface area contributed by atoms with Gasteiger partial charge < -0.3 is 10.4 Å². The van der Waals surface area contributed by atoms with Crippen LogP contribution in [0.25, 0.3) is 11.3 Å². The van der Waals surface area contributed by atoms with Crippen molar-refractivity contribution in [3.05, 3.63) is 71.4 Å². The smallest absolute Gasteiger partial charge is 0.113 e. The Kier molecular flexibility index (Phi) is 3.88. The van der Waals surface area contributed by atoms with E-state index in [2.05, 4.69) is 71.1 Å². The van der Waals surface area contributed by atoms with E-state index in [4.69, 9.17) is 0 Å². The first-order valence-corrected chi connectivity index (χ1v) is 9.66. The first kappa shape index (κ1) is 16.7. The van der Waals surface area contributed by atoms with E-state index in [9.17, 15) is 5.11 Å². The zero-order chi connectivity index (χ0) is 18.4. The SMILES string of the molecule is Cc1ccc(-c2cn([C@H]3c4ccccc4C4(CCNCC4)[C@@H]3O)nn2)cc1. The topological polar surface area (TPSA) is 63.0 Å². The Bertz CT molecular complexity index is 956. The number of benzene rings is 2. The molecule has 2 heterocycles. The summed E-state index contributed by atoms with van der Waals surface area (Å²) in [5.41, 5.74) is 5.36. The van der Waals surface area contributed by atoms with E-state index in [0.717, 1.165) is 37.2 Å². The molecule has 2 N–H and O–H groups in total. The number of aromatic nitrogens is 3. The third-order valence-corrected chi connectivity index (χ3v) is 6.32. The number of aliphatic hydroxyl groups excluding tert-OH is 1. The molecular formula is C22H24N4O. The van der Waals surface area contributed by atoms with Crippen LogP contribution in [0.1, 0.15) is 35.6 Å². The molecule has 1 saturated heterocycles. The van der Waals surface area contributed by atoms with Crippen LogP contribution in [-0.4, -0.2) is 39.3 Å². The molecule has 0 unspecified atom stereocenters. The molecule has 1 aliphatic carbocycles. The van der Waals surface area contributed by atoms with Gasteiger partial charge in [0.05, 0.1) is 12.3 Å². The Morgan fingerprint density at radius 2 is 1.81 bits per heavy atom. The van der Waals surface area contributed by atoms with Crippen molar-refractivity contribution in [3.8, 4) is 11.3 Å². The van der Waals surface area contributed by atoms with Gasteiger partial charge >= 0.3 is 0 Å². The fourth-order valence-electron chi connectivity index (χ4n) is 4.83. The lowest BCUT2D eigenvalue weighted by Crippen LogP contribution is -2.47. The van der Waals surface area contributed by atoms with Crippen LogP contribution in [0.15, 0.2) is 54.7 Å². The van der Waals surface area contributed by atoms with Crippen molar-refractivity contribution in [2.45, 2.75) is 37.3 Å². The maximum Gasteiger partial charge on any atom is 0.113 e. The van der Waals surface area contributed by atoms with Crippen LogP contribution in [0.2, 0.25) is 0 Å². The maximum absolute atomic E-state index is 11.4. The molecule has 1 spiro atoms. The minimum absolute atomic E-state index is 0.189. The Hall–Kier alpha value is -2.50. The number of hydrogen-bond donors (Lipinski definition) is 2. The quantitative estimate of drug-likeness (QED) is 0.738. The highest BCUT2D eigenvalue weighted by Crippen LogP contribution is 2.51. The van der Waals surface area contributed by atoms with E-state index >= 15 is 0 Å². The van der Waals surface area contributed by atoms with Gasteiger partial charge in [0, 0.05) is 11.0 Å². The second-order valence-electron chi connectivity index (χ2n) is 7.83. The Balaban J connectivity index is 1.56. The summed E-state index contributed by atoms with van der Waals surface area (Å²) in [6.45, 7) is 3.94. The Morgan fingerprint density at radius 3 is 2.59 bits per heavy atom. The van der Waals surface area contributed by atoms with Crippen LogP contribution in [0.4, 0.5) is 0 Å². The van der Waals surface area contributed by atoms with Gasteiger partial charge in [-0.05, 0) is 44.0 Å². The van der Waals surface area contributed by atoms with E-state index in [1.165, 1.54) is 16.7 Å². The van der Waals surface area contributed by atoms with E-state index in [1.807, 2.05) is 10.9 Å². The van der Waals surface area contributed by atoms with Gasteiger partial charge in [-0.15, -0.1) is 5.10 Å². The molecule has 138 valence electrons. The molecule has 1 aromatic heterocycles. The lowest BCUT2D eigenvalue weighted by atomic mass is 9.72. The lowest BCUT2D eigenvalue weighted by molar-refractivity contribution is 0.0421. The summed E-state index contributed by atoms with van der Waals surface area (Å²) in [5.74, 6) is 0. The summed E-state index contributed by atoms with van der Waals surface area (Å²) < 4.78 is 1.86. The van der Waals surface area contributed by atoms with Crippen molar-refractivity contribution in [1.29, 1.82) is 0 Å². The third-order valence-electron chi connectivity index (χ3n) is 6.32. The standard InChI is InChI=1S/C22H24N4O/c1-15-6-8-16(9-7-15)19-14-26(25-24-19)20-17-4-2-3-5-18(17)22(21(20)27)10-12-23-13-11-22/h2-9,14,20-21,23,27H,10-13H2,1H3/t20-,21+/m0/s1. The van der Waals surface area contributed by atoms with E-state index in [1.54, 1.807) is 0 Å². The van der Waals surface area contributed by atoms with E-state index in [-0.39, 0.29) is 11.5 Å². The average Bonchev–Trinajstić information content (AvgIpc) is 3.26. The largest absolute Gasteiger partial charge is 0.390 e. The second-order valence-corrected chi connectivity index (χ2v) is 7.83. The van der Waals surface area contributed by atoms with Gasteiger partial charge in [-0.2, -0.15) is 0 Å².